The molecule has 4 heteroatoms. The van der Waals surface area contributed by atoms with Gasteiger partial charge in [-0.2, -0.15) is 0 Å². The zero-order valence-corrected chi connectivity index (χ0v) is 14.6. The molecule has 1 aromatic heterocycles. The molecular weight excluding hydrogens is 357 g/mol. The van der Waals surface area contributed by atoms with E-state index in [-0.39, 0.29) is 38.0 Å². The van der Waals surface area contributed by atoms with E-state index in [9.17, 15) is 5.11 Å². The van der Waals surface area contributed by atoms with Gasteiger partial charge in [0.05, 0.1) is 0 Å². The van der Waals surface area contributed by atoms with Gasteiger partial charge in [0.15, 0.2) is 5.89 Å². The molecule has 1 heterocycles. The van der Waals surface area contributed by atoms with Crippen molar-refractivity contribution >= 4 is 0 Å². The van der Waals surface area contributed by atoms with Gasteiger partial charge in [0.1, 0.15) is 17.2 Å². The molecule has 0 saturated heterocycles. The molecule has 3 nitrogen and oxygen atoms in total. The normalized spacial score (nSPS) is 13.5. The minimum absolute atomic E-state index is 0. The second-order valence-electron chi connectivity index (χ2n) is 5.40. The molecule has 1 aromatic carbocycles. The van der Waals surface area contributed by atoms with Gasteiger partial charge >= 0.3 is 0 Å². The zero-order valence-electron chi connectivity index (χ0n) is 13.0. The average molecular weight is 380 g/mol. The number of phenolic OH excluding ortho intramolecular Hbond substituents is 1. The van der Waals surface area contributed by atoms with Crippen LogP contribution in [0.1, 0.15) is 64.0 Å². The van der Waals surface area contributed by atoms with Crippen LogP contribution in [0.15, 0.2) is 28.7 Å². The van der Waals surface area contributed by atoms with Gasteiger partial charge in [0.25, 0.3) is 0 Å². The summed E-state index contributed by atoms with van der Waals surface area (Å²) in [6, 6.07) is 7.30. The van der Waals surface area contributed by atoms with Crippen LogP contribution in [-0.2, 0) is 20.4 Å². The smallest absolute Gasteiger partial charge is 0.197 e. The van der Waals surface area contributed by atoms with Crippen LogP contribution < -0.4 is 0 Å². The number of para-hydroxylation sites is 1. The Bertz CT molecular complexity index is 580. The average Bonchev–Trinajstić information content (AvgIpc) is 2.91. The fourth-order valence-corrected chi connectivity index (χ4v) is 2.12. The number of aromatic nitrogens is 1. The van der Waals surface area contributed by atoms with E-state index in [4.69, 9.17) is 4.42 Å². The first-order chi connectivity index (χ1) is 9.58. The van der Waals surface area contributed by atoms with Crippen molar-refractivity contribution in [2.45, 2.75) is 52.4 Å². The van der Waals surface area contributed by atoms with Gasteiger partial charge in [-0.15, -0.1) is 0 Å². The van der Waals surface area contributed by atoms with Gasteiger partial charge in [0.2, 0.25) is 0 Å². The largest absolute Gasteiger partial charge is 0.507 e. The molecule has 0 amide bonds. The van der Waals surface area contributed by atoms with Gasteiger partial charge in [-0.1, -0.05) is 39.8 Å². The van der Waals surface area contributed by atoms with Crippen LogP contribution in [0.3, 0.4) is 0 Å². The van der Waals surface area contributed by atoms with Gasteiger partial charge in [-0.3, -0.25) is 0 Å². The maximum absolute atomic E-state index is 10.1. The molecule has 0 fully saturated rings. The van der Waals surface area contributed by atoms with Crippen molar-refractivity contribution in [1.29, 1.82) is 0 Å². The van der Waals surface area contributed by atoms with Crippen molar-refractivity contribution in [3.8, 4) is 17.0 Å². The van der Waals surface area contributed by atoms with Crippen LogP contribution in [0.4, 0.5) is 0 Å². The molecule has 0 spiro atoms. The summed E-state index contributed by atoms with van der Waals surface area (Å²) in [6.07, 6.45) is 1.97. The number of phenols is 1. The number of oxazole rings is 1. The second-order valence-corrected chi connectivity index (χ2v) is 5.40. The van der Waals surface area contributed by atoms with E-state index in [0.717, 1.165) is 35.7 Å². The summed E-state index contributed by atoms with van der Waals surface area (Å²) in [5.74, 6) is 2.47. The molecule has 1 N–H and O–H groups in total. The molecule has 0 aliphatic heterocycles. The first kappa shape index (κ1) is 17.9. The van der Waals surface area contributed by atoms with Crippen LogP contribution in [0.2, 0.25) is 0 Å². The van der Waals surface area contributed by atoms with E-state index in [2.05, 4.69) is 32.7 Å². The Balaban J connectivity index is 0.00000220. The van der Waals surface area contributed by atoms with E-state index in [1.165, 1.54) is 0 Å². The summed E-state index contributed by atoms with van der Waals surface area (Å²) in [6.45, 7) is 8.49. The Labute approximate surface area is 140 Å². The van der Waals surface area contributed by atoms with E-state index >= 15 is 0 Å². The molecule has 2 atom stereocenters. The molecule has 0 saturated carbocycles. The van der Waals surface area contributed by atoms with Crippen molar-refractivity contribution in [3.63, 3.8) is 0 Å². The topological polar surface area (TPSA) is 46.3 Å². The molecule has 0 aliphatic carbocycles. The Hall–Kier alpha value is -1.11. The molecular formula is C17H23NO2Pd. The van der Waals surface area contributed by atoms with Crippen LogP contribution in [-0.4, -0.2) is 10.1 Å². The molecule has 0 radical (unpaired) electrons. The fourth-order valence-electron chi connectivity index (χ4n) is 2.12. The van der Waals surface area contributed by atoms with Crippen LogP contribution in [0, 0.1) is 0 Å². The molecule has 2 rings (SSSR count). The third kappa shape index (κ3) is 3.75. The van der Waals surface area contributed by atoms with Crippen molar-refractivity contribution in [1.82, 2.24) is 4.98 Å². The standard InChI is InChI=1S/C17H23NO2.Pd/c1-5-11(3)16-15(13-9-7-8-10-14(13)19)18-17(20-16)12(4)6-2;/h7-12,19H,5-6H2,1-4H3;. The maximum Gasteiger partial charge on any atom is 0.197 e. The molecule has 21 heavy (non-hydrogen) atoms. The minimum atomic E-state index is 0. The van der Waals surface area contributed by atoms with E-state index in [0.29, 0.717) is 0 Å². The number of rotatable bonds is 5. The third-order valence-electron chi connectivity index (χ3n) is 3.92. The first-order valence-corrected chi connectivity index (χ1v) is 7.37. The van der Waals surface area contributed by atoms with E-state index in [1.807, 2.05) is 18.2 Å². The molecule has 2 aromatic rings. The third-order valence-corrected chi connectivity index (χ3v) is 3.92. The van der Waals surface area contributed by atoms with Crippen molar-refractivity contribution in [3.05, 3.63) is 35.9 Å². The van der Waals surface area contributed by atoms with Crippen LogP contribution in [0.25, 0.3) is 11.3 Å². The summed E-state index contributed by atoms with van der Waals surface area (Å²) >= 11 is 0. The number of aromatic hydroxyl groups is 1. The number of benzene rings is 1. The second kappa shape index (κ2) is 7.77. The molecule has 0 bridgehead atoms. The van der Waals surface area contributed by atoms with Crippen molar-refractivity contribution in [2.75, 3.05) is 0 Å². The van der Waals surface area contributed by atoms with E-state index in [1.54, 1.807) is 6.07 Å². The van der Waals surface area contributed by atoms with Gasteiger partial charge < -0.3 is 9.52 Å². The number of hydrogen-bond donors (Lipinski definition) is 1. The summed E-state index contributed by atoms with van der Waals surface area (Å²) in [7, 11) is 0. The van der Waals surface area contributed by atoms with Gasteiger partial charge in [0, 0.05) is 37.8 Å². The Morgan fingerprint density at radius 1 is 1.10 bits per heavy atom. The maximum atomic E-state index is 10.1. The quantitative estimate of drug-likeness (QED) is 0.737. The number of hydrogen-bond acceptors (Lipinski definition) is 3. The Morgan fingerprint density at radius 3 is 2.29 bits per heavy atom. The van der Waals surface area contributed by atoms with Gasteiger partial charge in [-0.05, 0) is 25.0 Å². The monoisotopic (exact) mass is 379 g/mol. The van der Waals surface area contributed by atoms with Gasteiger partial charge in [-0.25, -0.2) is 4.98 Å². The summed E-state index contributed by atoms with van der Waals surface area (Å²) < 4.78 is 6.01. The summed E-state index contributed by atoms with van der Waals surface area (Å²) in [4.78, 5) is 4.65. The fraction of sp³-hybridized carbons (Fsp3) is 0.471. The summed E-state index contributed by atoms with van der Waals surface area (Å²) in [5.41, 5.74) is 1.54. The number of nitrogens with zero attached hydrogens (tertiary/aromatic N) is 1. The van der Waals surface area contributed by atoms with Crippen LogP contribution in [0.5, 0.6) is 5.75 Å². The van der Waals surface area contributed by atoms with Crippen molar-refractivity contribution < 1.29 is 29.9 Å². The summed E-state index contributed by atoms with van der Waals surface area (Å²) in [5, 5.41) is 10.1. The minimum Gasteiger partial charge on any atom is -0.507 e. The zero-order chi connectivity index (χ0) is 14.7. The first-order valence-electron chi connectivity index (χ1n) is 7.37. The predicted octanol–water partition coefficient (Wildman–Crippen LogP) is 5.07. The van der Waals surface area contributed by atoms with Crippen LogP contribution >= 0.6 is 0 Å². The molecule has 118 valence electrons. The Morgan fingerprint density at radius 2 is 1.71 bits per heavy atom. The predicted molar refractivity (Wildman–Crippen MR) is 81.0 cm³/mol. The van der Waals surface area contributed by atoms with Crippen molar-refractivity contribution in [2.24, 2.45) is 0 Å². The Kier molecular flexibility index (Phi) is 6.64. The molecule has 0 aliphatic rings. The van der Waals surface area contributed by atoms with E-state index < -0.39 is 0 Å². The SMILES string of the molecule is CCC(C)c1nc(-c2ccccc2O)c(C(C)CC)o1.[Pd]. The molecule has 2 unspecified atom stereocenters.